The van der Waals surface area contributed by atoms with Gasteiger partial charge in [-0.05, 0) is 91.0 Å². The molecule has 13 rings (SSSR count). The third-order valence-electron chi connectivity index (χ3n) is 13.0. The van der Waals surface area contributed by atoms with Gasteiger partial charge in [-0.15, -0.1) is 11.3 Å². The number of fused-ring (bicyclic) bond motifs is 13. The molecule has 4 heteroatoms. The highest BCUT2D eigenvalue weighted by molar-refractivity contribution is 7.25. The van der Waals surface area contributed by atoms with E-state index in [2.05, 4.69) is 194 Å². The van der Waals surface area contributed by atoms with Gasteiger partial charge in [0.1, 0.15) is 0 Å². The van der Waals surface area contributed by atoms with Gasteiger partial charge in [-0.3, -0.25) is 0 Å². The number of nitrogens with zero attached hydrogens (tertiary/aromatic N) is 3. The van der Waals surface area contributed by atoms with Gasteiger partial charge in [0, 0.05) is 36.9 Å². The van der Waals surface area contributed by atoms with Crippen molar-refractivity contribution in [1.29, 1.82) is 0 Å². The van der Waals surface area contributed by atoms with Gasteiger partial charge in [0.05, 0.1) is 5.41 Å². The lowest BCUT2D eigenvalue weighted by Gasteiger charge is -2.32. The molecular formula is C58H35N3S. The van der Waals surface area contributed by atoms with Crippen molar-refractivity contribution in [2.75, 3.05) is 0 Å². The summed E-state index contributed by atoms with van der Waals surface area (Å²) < 4.78 is 2.59. The number of rotatable bonds is 5. The average molecular weight is 806 g/mol. The molecule has 0 saturated carbocycles. The Morgan fingerprint density at radius 1 is 0.290 bits per heavy atom. The quantitative estimate of drug-likeness (QED) is 0.174. The van der Waals surface area contributed by atoms with Gasteiger partial charge in [0.15, 0.2) is 17.5 Å². The second-order valence-corrected chi connectivity index (χ2v) is 17.3. The number of thiophene rings is 1. The topological polar surface area (TPSA) is 38.7 Å². The Labute approximate surface area is 363 Å². The Morgan fingerprint density at radius 2 is 0.758 bits per heavy atom. The molecule has 0 bridgehead atoms. The van der Waals surface area contributed by atoms with Gasteiger partial charge >= 0.3 is 0 Å². The first-order valence-electron chi connectivity index (χ1n) is 21.1. The molecular weight excluding hydrogens is 771 g/mol. The van der Waals surface area contributed by atoms with Crippen LogP contribution in [-0.4, -0.2) is 15.0 Å². The summed E-state index contributed by atoms with van der Waals surface area (Å²) in [6.45, 7) is 0. The molecule has 1 spiro atoms. The van der Waals surface area contributed by atoms with E-state index in [1.807, 2.05) is 29.5 Å². The zero-order chi connectivity index (χ0) is 40.8. The van der Waals surface area contributed by atoms with Crippen molar-refractivity contribution in [2.24, 2.45) is 0 Å². The third kappa shape index (κ3) is 5.08. The van der Waals surface area contributed by atoms with Crippen LogP contribution < -0.4 is 0 Å². The maximum atomic E-state index is 5.38. The summed E-state index contributed by atoms with van der Waals surface area (Å²) in [4.78, 5) is 15.9. The first-order valence-corrected chi connectivity index (χ1v) is 21.9. The van der Waals surface area contributed by atoms with E-state index < -0.39 is 5.41 Å². The Kier molecular flexibility index (Phi) is 7.69. The average Bonchev–Trinajstić information content (AvgIpc) is 3.98. The summed E-state index contributed by atoms with van der Waals surface area (Å²) >= 11 is 1.84. The second-order valence-electron chi connectivity index (χ2n) is 16.2. The fourth-order valence-corrected chi connectivity index (χ4v) is 11.5. The maximum Gasteiger partial charge on any atom is 0.164 e. The SMILES string of the molecule is c1ccc(-c2nc(-c3cccc(-c4ccc5sc6ccccc6c5c4)c3)nc(-c3ccccc3-c3cccc4c3C3(c5ccccc5-c5ccccc53)c3ccccc3-4)n2)cc1. The first kappa shape index (κ1) is 35.0. The molecule has 0 fully saturated rings. The fourth-order valence-electron chi connectivity index (χ4n) is 10.4. The van der Waals surface area contributed by atoms with Crippen LogP contribution in [0.1, 0.15) is 22.3 Å². The molecule has 0 saturated heterocycles. The molecule has 2 heterocycles. The van der Waals surface area contributed by atoms with Crippen molar-refractivity contribution in [1.82, 2.24) is 15.0 Å². The monoisotopic (exact) mass is 805 g/mol. The van der Waals surface area contributed by atoms with Crippen molar-refractivity contribution in [3.63, 3.8) is 0 Å². The first-order chi connectivity index (χ1) is 30.7. The summed E-state index contributed by atoms with van der Waals surface area (Å²) in [5.41, 5.74) is 17.2. The Morgan fingerprint density at radius 3 is 1.48 bits per heavy atom. The molecule has 11 aromatic rings. The predicted octanol–water partition coefficient (Wildman–Crippen LogP) is 14.9. The van der Waals surface area contributed by atoms with E-state index in [0.717, 1.165) is 33.4 Å². The van der Waals surface area contributed by atoms with Gasteiger partial charge in [0.25, 0.3) is 0 Å². The molecule has 9 aromatic carbocycles. The zero-order valence-corrected chi connectivity index (χ0v) is 34.3. The van der Waals surface area contributed by atoms with Crippen LogP contribution >= 0.6 is 11.3 Å². The lowest BCUT2D eigenvalue weighted by atomic mass is 9.68. The molecule has 3 nitrogen and oxygen atoms in total. The number of hydrogen-bond acceptors (Lipinski definition) is 4. The lowest BCUT2D eigenvalue weighted by molar-refractivity contribution is 0.796. The highest BCUT2D eigenvalue weighted by Gasteiger charge is 2.52. The zero-order valence-electron chi connectivity index (χ0n) is 33.5. The Balaban J connectivity index is 1.02. The van der Waals surface area contributed by atoms with E-state index >= 15 is 0 Å². The number of benzene rings is 9. The molecule has 0 amide bonds. The van der Waals surface area contributed by atoms with E-state index in [1.165, 1.54) is 70.2 Å². The summed E-state index contributed by atoms with van der Waals surface area (Å²) in [5.74, 6) is 1.90. The minimum atomic E-state index is -0.499. The molecule has 2 aromatic heterocycles. The molecule has 0 atom stereocenters. The van der Waals surface area contributed by atoms with Gasteiger partial charge in [-0.25, -0.2) is 15.0 Å². The highest BCUT2D eigenvalue weighted by Crippen LogP contribution is 2.64. The van der Waals surface area contributed by atoms with E-state index in [1.54, 1.807) is 0 Å². The molecule has 0 radical (unpaired) electrons. The fraction of sp³-hybridized carbons (Fsp3) is 0.0172. The molecule has 2 aliphatic carbocycles. The summed E-state index contributed by atoms with van der Waals surface area (Å²) in [7, 11) is 0. The molecule has 0 unspecified atom stereocenters. The van der Waals surface area contributed by atoms with Crippen LogP contribution in [0.5, 0.6) is 0 Å². The summed E-state index contributed by atoms with van der Waals surface area (Å²) in [6.07, 6.45) is 0. The predicted molar refractivity (Wildman–Crippen MR) is 256 cm³/mol. The Hall–Kier alpha value is -7.79. The second kappa shape index (κ2) is 13.6. The lowest BCUT2D eigenvalue weighted by Crippen LogP contribution is -2.26. The number of aromatic nitrogens is 3. The smallest absolute Gasteiger partial charge is 0.164 e. The molecule has 62 heavy (non-hydrogen) atoms. The molecule has 0 aliphatic heterocycles. The van der Waals surface area contributed by atoms with E-state index in [9.17, 15) is 0 Å². The van der Waals surface area contributed by atoms with Crippen molar-refractivity contribution in [2.45, 2.75) is 5.41 Å². The Bertz CT molecular complexity index is 3540. The van der Waals surface area contributed by atoms with Crippen LogP contribution in [0.2, 0.25) is 0 Å². The molecule has 0 N–H and O–H groups in total. The number of hydrogen-bond donors (Lipinski definition) is 0. The van der Waals surface area contributed by atoms with Gasteiger partial charge in [-0.1, -0.05) is 188 Å². The van der Waals surface area contributed by atoms with Gasteiger partial charge in [-0.2, -0.15) is 0 Å². The summed E-state index contributed by atoms with van der Waals surface area (Å²) in [5, 5.41) is 2.57. The minimum absolute atomic E-state index is 0.499. The van der Waals surface area contributed by atoms with E-state index in [4.69, 9.17) is 15.0 Å². The van der Waals surface area contributed by atoms with Crippen LogP contribution in [0.4, 0.5) is 0 Å². The van der Waals surface area contributed by atoms with Crippen LogP contribution in [0.25, 0.3) is 98.8 Å². The van der Waals surface area contributed by atoms with Crippen molar-refractivity contribution in [3.05, 3.63) is 235 Å². The van der Waals surface area contributed by atoms with Gasteiger partial charge in [0.2, 0.25) is 0 Å². The normalized spacial score (nSPS) is 13.0. The molecule has 2 aliphatic rings. The van der Waals surface area contributed by atoms with Crippen molar-refractivity contribution < 1.29 is 0 Å². The van der Waals surface area contributed by atoms with E-state index in [0.29, 0.717) is 17.5 Å². The highest BCUT2D eigenvalue weighted by atomic mass is 32.1. The van der Waals surface area contributed by atoms with E-state index in [-0.39, 0.29) is 0 Å². The maximum absolute atomic E-state index is 5.38. The van der Waals surface area contributed by atoms with Crippen molar-refractivity contribution >= 4 is 31.5 Å². The minimum Gasteiger partial charge on any atom is -0.208 e. The largest absolute Gasteiger partial charge is 0.208 e. The molecule has 288 valence electrons. The van der Waals surface area contributed by atoms with Crippen molar-refractivity contribution in [3.8, 4) is 78.7 Å². The third-order valence-corrected chi connectivity index (χ3v) is 14.1. The van der Waals surface area contributed by atoms with Crippen LogP contribution in [0.3, 0.4) is 0 Å². The summed E-state index contributed by atoms with van der Waals surface area (Å²) in [6, 6.07) is 76.8. The van der Waals surface area contributed by atoms with Gasteiger partial charge < -0.3 is 0 Å². The van der Waals surface area contributed by atoms with Crippen LogP contribution in [-0.2, 0) is 5.41 Å². The standard InChI is InChI=1S/C58H35N3S/c1-2-16-36(17-3-1)55-59-56(39-19-14-18-37(34-39)38-32-33-53-48(35-38)44-24-9-13-31-52(44)62-53)61-57(60-55)47-25-5-4-20-40(47)45-26-15-27-46-43-23-8-12-30-51(43)58(54(45)46)49-28-10-6-21-41(49)42-22-7-11-29-50(42)58/h1-35H. The van der Waals surface area contributed by atoms with Crippen LogP contribution in [0.15, 0.2) is 212 Å². The van der Waals surface area contributed by atoms with Crippen LogP contribution in [0, 0.1) is 0 Å².